The molecule has 0 saturated carbocycles. The Kier molecular flexibility index (Phi) is 4.42. The Morgan fingerprint density at radius 3 is 2.04 bits per heavy atom. The highest BCUT2D eigenvalue weighted by atomic mass is 32.1. The van der Waals surface area contributed by atoms with E-state index in [1.165, 1.54) is 5.56 Å². The minimum Gasteiger partial charge on any atom is -0.206 e. The molecule has 0 unspecified atom stereocenters. The van der Waals surface area contributed by atoms with Crippen LogP contribution in [0.25, 0.3) is 22.3 Å². The average molecular weight is 319 g/mol. The van der Waals surface area contributed by atoms with Crippen LogP contribution in [0.15, 0.2) is 71.7 Å². The van der Waals surface area contributed by atoms with Gasteiger partial charge in [-0.3, -0.25) is 0 Å². The number of halogens is 1. The molecule has 3 aromatic rings. The highest BCUT2D eigenvalue weighted by Gasteiger charge is 2.07. The number of hydrogen-bond donors (Lipinski definition) is 0. The van der Waals surface area contributed by atoms with Crippen molar-refractivity contribution in [1.29, 1.82) is 0 Å². The maximum absolute atomic E-state index is 14.5. The lowest BCUT2D eigenvalue weighted by Gasteiger charge is -2.07. The van der Waals surface area contributed by atoms with Gasteiger partial charge >= 0.3 is 0 Å². The Labute approximate surface area is 140 Å². The van der Waals surface area contributed by atoms with Gasteiger partial charge in [-0.15, -0.1) is 0 Å². The summed E-state index contributed by atoms with van der Waals surface area (Å²) in [5.74, 6) is -0.242. The number of isothiocyanates is 1. The molecule has 0 aliphatic carbocycles. The number of hydrogen-bond acceptors (Lipinski definition) is 2. The molecule has 23 heavy (non-hydrogen) atoms. The summed E-state index contributed by atoms with van der Waals surface area (Å²) in [4.78, 5) is 3.90. The van der Waals surface area contributed by atoms with Crippen LogP contribution in [-0.2, 0) is 0 Å². The molecule has 112 valence electrons. The van der Waals surface area contributed by atoms with Crippen molar-refractivity contribution >= 4 is 23.1 Å². The lowest BCUT2D eigenvalue weighted by atomic mass is 9.99. The molecule has 3 heteroatoms. The van der Waals surface area contributed by atoms with Crippen LogP contribution in [0.3, 0.4) is 0 Å². The Balaban J connectivity index is 1.95. The molecule has 0 N–H and O–H groups in total. The first-order valence-electron chi connectivity index (χ1n) is 7.22. The van der Waals surface area contributed by atoms with Gasteiger partial charge in [0.1, 0.15) is 5.82 Å². The number of aryl methyl sites for hydroxylation is 1. The highest BCUT2D eigenvalue weighted by molar-refractivity contribution is 7.78. The summed E-state index contributed by atoms with van der Waals surface area (Å²) < 4.78 is 14.5. The van der Waals surface area contributed by atoms with Gasteiger partial charge in [0.15, 0.2) is 0 Å². The second-order valence-corrected chi connectivity index (χ2v) is 5.49. The number of benzene rings is 3. The van der Waals surface area contributed by atoms with Crippen LogP contribution >= 0.6 is 12.2 Å². The van der Waals surface area contributed by atoms with Crippen molar-refractivity contribution < 1.29 is 4.39 Å². The molecule has 0 bridgehead atoms. The summed E-state index contributed by atoms with van der Waals surface area (Å²) >= 11 is 4.57. The molecule has 3 aromatic carbocycles. The van der Waals surface area contributed by atoms with Gasteiger partial charge in [-0.1, -0.05) is 54.1 Å². The normalized spacial score (nSPS) is 10.2. The number of thiocarbonyl (C=S) groups is 1. The molecule has 0 amide bonds. The van der Waals surface area contributed by atoms with Gasteiger partial charge in [0.2, 0.25) is 0 Å². The van der Waals surface area contributed by atoms with Crippen LogP contribution in [0.5, 0.6) is 0 Å². The monoisotopic (exact) mass is 319 g/mol. The molecule has 0 atom stereocenters. The quantitative estimate of drug-likeness (QED) is 0.413. The molecule has 0 saturated heterocycles. The van der Waals surface area contributed by atoms with Gasteiger partial charge in [-0.2, -0.15) is 4.99 Å². The van der Waals surface area contributed by atoms with E-state index in [4.69, 9.17) is 0 Å². The van der Waals surface area contributed by atoms with Crippen molar-refractivity contribution in [3.8, 4) is 22.3 Å². The van der Waals surface area contributed by atoms with Gasteiger partial charge in [-0.25, -0.2) is 4.39 Å². The van der Waals surface area contributed by atoms with E-state index in [1.54, 1.807) is 18.2 Å². The van der Waals surface area contributed by atoms with Gasteiger partial charge in [0.05, 0.1) is 10.8 Å². The molecule has 0 spiro atoms. The van der Waals surface area contributed by atoms with E-state index in [1.807, 2.05) is 55.5 Å². The first-order chi connectivity index (χ1) is 11.2. The Morgan fingerprint density at radius 2 is 1.43 bits per heavy atom. The van der Waals surface area contributed by atoms with Gasteiger partial charge < -0.3 is 0 Å². The van der Waals surface area contributed by atoms with E-state index in [0.29, 0.717) is 11.3 Å². The van der Waals surface area contributed by atoms with Crippen molar-refractivity contribution in [1.82, 2.24) is 0 Å². The van der Waals surface area contributed by atoms with Crippen molar-refractivity contribution in [2.75, 3.05) is 0 Å². The minimum atomic E-state index is -0.242. The Hall–Kier alpha value is -2.61. The molecular formula is C20H14FNS. The summed E-state index contributed by atoms with van der Waals surface area (Å²) in [6, 6.07) is 20.6. The van der Waals surface area contributed by atoms with Gasteiger partial charge in [-0.05, 0) is 54.0 Å². The van der Waals surface area contributed by atoms with Crippen LogP contribution in [0.4, 0.5) is 10.1 Å². The second kappa shape index (κ2) is 6.66. The number of rotatable bonds is 3. The zero-order chi connectivity index (χ0) is 16.2. The van der Waals surface area contributed by atoms with E-state index in [0.717, 1.165) is 16.7 Å². The molecule has 1 nitrogen and oxygen atoms in total. The third-order valence-corrected chi connectivity index (χ3v) is 3.80. The number of nitrogens with zero attached hydrogens (tertiary/aromatic N) is 1. The van der Waals surface area contributed by atoms with E-state index in [-0.39, 0.29) is 5.82 Å². The van der Waals surface area contributed by atoms with Crippen molar-refractivity contribution in [3.05, 3.63) is 78.1 Å². The standard InChI is InChI=1S/C20H14FNS/c1-14-2-4-15(5-3-14)17-8-11-19(20(21)12-17)16-6-9-18(10-7-16)22-13-23/h2-12H,1H3. The highest BCUT2D eigenvalue weighted by Crippen LogP contribution is 2.29. The second-order valence-electron chi connectivity index (χ2n) is 5.31. The zero-order valence-electron chi connectivity index (χ0n) is 12.6. The first kappa shape index (κ1) is 15.3. The third-order valence-electron chi connectivity index (χ3n) is 3.71. The molecule has 3 rings (SSSR count). The summed E-state index contributed by atoms with van der Waals surface area (Å²) in [7, 11) is 0. The molecule has 0 aliphatic rings. The maximum Gasteiger partial charge on any atom is 0.131 e. The zero-order valence-corrected chi connectivity index (χ0v) is 13.4. The van der Waals surface area contributed by atoms with Crippen molar-refractivity contribution in [2.24, 2.45) is 4.99 Å². The average Bonchev–Trinajstić information content (AvgIpc) is 2.57. The fourth-order valence-electron chi connectivity index (χ4n) is 2.44. The minimum absolute atomic E-state index is 0.242. The maximum atomic E-state index is 14.5. The first-order valence-corrected chi connectivity index (χ1v) is 7.63. The van der Waals surface area contributed by atoms with E-state index in [9.17, 15) is 4.39 Å². The molecule has 0 radical (unpaired) electrons. The molecule has 0 aliphatic heterocycles. The Bertz CT molecular complexity index is 877. The summed E-state index contributed by atoms with van der Waals surface area (Å²) in [6.07, 6.45) is 0. The Morgan fingerprint density at radius 1 is 0.826 bits per heavy atom. The molecule has 0 heterocycles. The molecule has 0 fully saturated rings. The topological polar surface area (TPSA) is 12.4 Å². The predicted molar refractivity (Wildman–Crippen MR) is 96.7 cm³/mol. The molecular weight excluding hydrogens is 305 g/mol. The lowest BCUT2D eigenvalue weighted by molar-refractivity contribution is 0.632. The van der Waals surface area contributed by atoms with Gasteiger partial charge in [0, 0.05) is 5.56 Å². The van der Waals surface area contributed by atoms with Crippen LogP contribution in [0.2, 0.25) is 0 Å². The summed E-state index contributed by atoms with van der Waals surface area (Å²) in [5, 5.41) is 2.32. The van der Waals surface area contributed by atoms with Crippen LogP contribution in [-0.4, -0.2) is 5.16 Å². The fourth-order valence-corrected chi connectivity index (χ4v) is 2.55. The van der Waals surface area contributed by atoms with Crippen LogP contribution in [0.1, 0.15) is 5.56 Å². The largest absolute Gasteiger partial charge is 0.206 e. The van der Waals surface area contributed by atoms with E-state index < -0.39 is 0 Å². The lowest BCUT2D eigenvalue weighted by Crippen LogP contribution is -1.86. The molecule has 0 aromatic heterocycles. The SMILES string of the molecule is Cc1ccc(-c2ccc(-c3ccc(N=C=S)cc3)c(F)c2)cc1. The van der Waals surface area contributed by atoms with Crippen molar-refractivity contribution in [3.63, 3.8) is 0 Å². The summed E-state index contributed by atoms with van der Waals surface area (Å²) in [6.45, 7) is 2.03. The van der Waals surface area contributed by atoms with Crippen LogP contribution in [0, 0.1) is 12.7 Å². The van der Waals surface area contributed by atoms with E-state index >= 15 is 0 Å². The number of aliphatic imine (C=N–C) groups is 1. The predicted octanol–water partition coefficient (Wildman–Crippen LogP) is 6.20. The summed E-state index contributed by atoms with van der Waals surface area (Å²) in [5.41, 5.74) is 5.14. The fraction of sp³-hybridized carbons (Fsp3) is 0.0500. The van der Waals surface area contributed by atoms with Crippen molar-refractivity contribution in [2.45, 2.75) is 6.92 Å². The van der Waals surface area contributed by atoms with Crippen LogP contribution < -0.4 is 0 Å². The van der Waals surface area contributed by atoms with Gasteiger partial charge in [0.25, 0.3) is 0 Å². The van der Waals surface area contributed by atoms with E-state index in [2.05, 4.69) is 22.4 Å². The third kappa shape index (κ3) is 3.42. The smallest absolute Gasteiger partial charge is 0.131 e.